The monoisotopic (exact) mass is 369 g/mol. The van der Waals surface area contributed by atoms with Crippen molar-refractivity contribution in [2.45, 2.75) is 43.9 Å². The molecule has 3 rings (SSSR count). The molecule has 130 valence electrons. The van der Waals surface area contributed by atoms with Gasteiger partial charge in [0.25, 0.3) is 10.0 Å². The molecule has 0 atom stereocenters. The average Bonchev–Trinajstić information content (AvgIpc) is 2.97. The highest BCUT2D eigenvalue weighted by atomic mass is 35.5. The molecule has 9 heteroatoms. The van der Waals surface area contributed by atoms with E-state index in [1.165, 1.54) is 0 Å². The molecule has 1 aromatic heterocycles. The molecule has 0 aliphatic heterocycles. The molecular weight excluding hydrogens is 350 g/mol. The van der Waals surface area contributed by atoms with Gasteiger partial charge in [0.05, 0.1) is 5.25 Å². The highest BCUT2D eigenvalue weighted by Crippen LogP contribution is 2.26. The number of aromatic nitrogens is 3. The first kappa shape index (κ1) is 17.0. The zero-order valence-electron chi connectivity index (χ0n) is 13.2. The van der Waals surface area contributed by atoms with E-state index in [1.54, 1.807) is 12.1 Å². The molecular formula is C15H20ClN5O2S. The van der Waals surface area contributed by atoms with E-state index in [9.17, 15) is 8.42 Å². The van der Waals surface area contributed by atoms with Crippen LogP contribution in [0.15, 0.2) is 24.3 Å². The maximum absolute atomic E-state index is 12.7. The van der Waals surface area contributed by atoms with Crippen LogP contribution in [0.25, 0.3) is 0 Å². The molecule has 7 nitrogen and oxygen atoms in total. The summed E-state index contributed by atoms with van der Waals surface area (Å²) in [6.45, 7) is 0.449. The third-order valence-electron chi connectivity index (χ3n) is 4.18. The van der Waals surface area contributed by atoms with Crippen LogP contribution in [0.1, 0.15) is 37.7 Å². The van der Waals surface area contributed by atoms with E-state index in [0.717, 1.165) is 28.9 Å². The zero-order chi connectivity index (χ0) is 17.2. The summed E-state index contributed by atoms with van der Waals surface area (Å²) in [4.78, 5) is 4.02. The minimum atomic E-state index is -3.60. The molecule has 0 unspecified atom stereocenters. The largest absolute Gasteiger partial charge is 0.367 e. The second-order valence-corrected chi connectivity index (χ2v) is 8.40. The number of hydrogen-bond donors (Lipinski definition) is 2. The maximum Gasteiger partial charge on any atom is 0.259 e. The van der Waals surface area contributed by atoms with Crippen LogP contribution in [0.4, 0.5) is 11.9 Å². The van der Waals surface area contributed by atoms with Crippen LogP contribution in [0.2, 0.25) is 5.02 Å². The zero-order valence-corrected chi connectivity index (χ0v) is 14.7. The number of rotatable bonds is 5. The van der Waals surface area contributed by atoms with E-state index in [1.807, 2.05) is 12.1 Å². The molecule has 1 aliphatic carbocycles. The van der Waals surface area contributed by atoms with Crippen LogP contribution >= 0.6 is 11.6 Å². The predicted molar refractivity (Wildman–Crippen MR) is 94.4 cm³/mol. The second kappa shape index (κ2) is 6.98. The molecule has 0 saturated heterocycles. The van der Waals surface area contributed by atoms with Crippen molar-refractivity contribution in [2.75, 3.05) is 11.1 Å². The summed E-state index contributed by atoms with van der Waals surface area (Å²) >= 11 is 5.85. The molecule has 2 aromatic rings. The van der Waals surface area contributed by atoms with Crippen molar-refractivity contribution in [2.24, 2.45) is 0 Å². The van der Waals surface area contributed by atoms with Gasteiger partial charge in [0.2, 0.25) is 11.9 Å². The van der Waals surface area contributed by atoms with Gasteiger partial charge in [-0.05, 0) is 30.5 Å². The number of benzene rings is 1. The van der Waals surface area contributed by atoms with Crippen molar-refractivity contribution in [1.82, 2.24) is 14.2 Å². The molecule has 0 radical (unpaired) electrons. The standard InChI is InChI=1S/C15H20ClN5O2S/c16-12-8-6-11(7-9-12)10-18-15-19-14(17)21(20-15)24(22,23)13-4-2-1-3-5-13/h6-9,13H,1-5,10H2,(H3,17,18,19,20). The Morgan fingerprint density at radius 2 is 1.88 bits per heavy atom. The van der Waals surface area contributed by atoms with E-state index in [0.29, 0.717) is 24.4 Å². The summed E-state index contributed by atoms with van der Waals surface area (Å²) in [5, 5.41) is 7.26. The van der Waals surface area contributed by atoms with Crippen molar-refractivity contribution >= 4 is 33.5 Å². The number of nitrogens with two attached hydrogens (primary N) is 1. The van der Waals surface area contributed by atoms with E-state index in [4.69, 9.17) is 17.3 Å². The maximum atomic E-state index is 12.7. The summed E-state index contributed by atoms with van der Waals surface area (Å²) in [7, 11) is -3.60. The van der Waals surface area contributed by atoms with Crippen LogP contribution in [0.3, 0.4) is 0 Å². The third-order valence-corrected chi connectivity index (χ3v) is 6.50. The van der Waals surface area contributed by atoms with E-state index < -0.39 is 15.3 Å². The summed E-state index contributed by atoms with van der Waals surface area (Å²) in [5.41, 5.74) is 6.75. The van der Waals surface area contributed by atoms with Crippen LogP contribution in [-0.2, 0) is 16.6 Å². The summed E-state index contributed by atoms with van der Waals surface area (Å²) in [6, 6.07) is 7.31. The number of nitrogens with one attached hydrogen (secondary N) is 1. The Bertz CT molecular complexity index is 798. The third kappa shape index (κ3) is 3.64. The van der Waals surface area contributed by atoms with Gasteiger partial charge >= 0.3 is 0 Å². The average molecular weight is 370 g/mol. The van der Waals surface area contributed by atoms with Crippen LogP contribution < -0.4 is 11.1 Å². The first-order valence-electron chi connectivity index (χ1n) is 7.92. The second-order valence-electron chi connectivity index (χ2n) is 5.92. The molecule has 1 aromatic carbocycles. The van der Waals surface area contributed by atoms with Gasteiger partial charge in [-0.25, -0.2) is 8.42 Å². The number of nitrogens with zero attached hydrogens (tertiary/aromatic N) is 3. The molecule has 3 N–H and O–H groups in total. The first-order chi connectivity index (χ1) is 11.5. The Hall–Kier alpha value is -1.80. The van der Waals surface area contributed by atoms with Gasteiger partial charge in [0, 0.05) is 11.6 Å². The minimum absolute atomic E-state index is 0.112. The van der Waals surface area contributed by atoms with Gasteiger partial charge in [0.1, 0.15) is 0 Å². The Morgan fingerprint density at radius 1 is 1.21 bits per heavy atom. The van der Waals surface area contributed by atoms with Crippen LogP contribution in [-0.4, -0.2) is 27.8 Å². The Kier molecular flexibility index (Phi) is 4.96. The SMILES string of the molecule is Nc1nc(NCc2ccc(Cl)cc2)nn1S(=O)(=O)C1CCCCC1. The van der Waals surface area contributed by atoms with Gasteiger partial charge in [-0.1, -0.05) is 43.0 Å². The Balaban J connectivity index is 1.73. The van der Waals surface area contributed by atoms with E-state index >= 15 is 0 Å². The molecule has 24 heavy (non-hydrogen) atoms. The van der Waals surface area contributed by atoms with Gasteiger partial charge in [-0.2, -0.15) is 4.98 Å². The van der Waals surface area contributed by atoms with E-state index in [-0.39, 0.29) is 11.9 Å². The van der Waals surface area contributed by atoms with Crippen molar-refractivity contribution in [3.05, 3.63) is 34.9 Å². The minimum Gasteiger partial charge on any atom is -0.367 e. The lowest BCUT2D eigenvalue weighted by Crippen LogP contribution is -2.31. The number of nitrogen functional groups attached to an aromatic ring is 1. The molecule has 0 spiro atoms. The highest BCUT2D eigenvalue weighted by Gasteiger charge is 2.31. The summed E-state index contributed by atoms with van der Waals surface area (Å²) in [5.74, 6) is 0.0843. The Morgan fingerprint density at radius 3 is 2.54 bits per heavy atom. The number of hydrogen-bond acceptors (Lipinski definition) is 6. The fourth-order valence-corrected chi connectivity index (χ4v) is 4.69. The number of halogens is 1. The molecule has 1 fully saturated rings. The number of anilines is 2. The smallest absolute Gasteiger partial charge is 0.259 e. The predicted octanol–water partition coefficient (Wildman–Crippen LogP) is 2.64. The first-order valence-corrected chi connectivity index (χ1v) is 9.80. The van der Waals surface area contributed by atoms with E-state index in [2.05, 4.69) is 15.4 Å². The lowest BCUT2D eigenvalue weighted by Gasteiger charge is -2.21. The molecule has 1 saturated carbocycles. The fourth-order valence-electron chi connectivity index (χ4n) is 2.86. The van der Waals surface area contributed by atoms with Crippen molar-refractivity contribution in [1.29, 1.82) is 0 Å². The van der Waals surface area contributed by atoms with Crippen molar-refractivity contribution in [3.8, 4) is 0 Å². The highest BCUT2D eigenvalue weighted by molar-refractivity contribution is 7.90. The molecule has 0 bridgehead atoms. The van der Waals surface area contributed by atoms with Gasteiger partial charge < -0.3 is 11.1 Å². The lowest BCUT2D eigenvalue weighted by molar-refractivity contribution is 0.477. The molecule has 1 aliphatic rings. The normalized spacial score (nSPS) is 16.2. The summed E-state index contributed by atoms with van der Waals surface area (Å²) in [6.07, 6.45) is 4.21. The van der Waals surface area contributed by atoms with Crippen LogP contribution in [0, 0.1) is 0 Å². The van der Waals surface area contributed by atoms with Crippen LogP contribution in [0.5, 0.6) is 0 Å². The quantitative estimate of drug-likeness (QED) is 0.839. The van der Waals surface area contributed by atoms with Gasteiger partial charge in [0.15, 0.2) is 0 Å². The lowest BCUT2D eigenvalue weighted by atomic mass is 10.0. The van der Waals surface area contributed by atoms with Crippen molar-refractivity contribution in [3.63, 3.8) is 0 Å². The van der Waals surface area contributed by atoms with Crippen molar-refractivity contribution < 1.29 is 8.42 Å². The topological polar surface area (TPSA) is 103 Å². The van der Waals surface area contributed by atoms with Gasteiger partial charge in [-0.15, -0.1) is 9.19 Å². The fraction of sp³-hybridized carbons (Fsp3) is 0.467. The Labute approximate surface area is 146 Å². The molecule has 0 amide bonds. The molecule has 1 heterocycles. The summed E-state index contributed by atoms with van der Waals surface area (Å²) < 4.78 is 26.2. The van der Waals surface area contributed by atoms with Gasteiger partial charge in [-0.3, -0.25) is 0 Å².